The molecule has 0 amide bonds. The number of hydrogen-bond acceptors (Lipinski definition) is 8. The number of aromatic nitrogens is 7. The van der Waals surface area contributed by atoms with Gasteiger partial charge in [0.1, 0.15) is 30.2 Å². The molecule has 1 fully saturated rings. The number of imidazole rings is 1. The van der Waals surface area contributed by atoms with Crippen LogP contribution >= 0.6 is 0 Å². The first kappa shape index (κ1) is 22.7. The lowest BCUT2D eigenvalue weighted by Gasteiger charge is -2.17. The minimum Gasteiger partial charge on any atom is -0.370 e. The minimum atomic E-state index is -1.07. The Morgan fingerprint density at radius 3 is 2.84 bits per heavy atom. The predicted molar refractivity (Wildman–Crippen MR) is 129 cm³/mol. The molecular formula is C25H19F2N9O. The molecule has 1 aliphatic rings. The molecular weight excluding hydrogens is 480 g/mol. The molecule has 1 N–H and O–H groups in total. The lowest BCUT2D eigenvalue weighted by molar-refractivity contribution is 0.103. The summed E-state index contributed by atoms with van der Waals surface area (Å²) >= 11 is 0. The molecule has 184 valence electrons. The Labute approximate surface area is 209 Å². The van der Waals surface area contributed by atoms with Crippen molar-refractivity contribution < 1.29 is 13.5 Å². The maximum absolute atomic E-state index is 15.1. The highest BCUT2D eigenvalue weighted by Crippen LogP contribution is 2.35. The average molecular weight is 499 g/mol. The van der Waals surface area contributed by atoms with E-state index in [1.54, 1.807) is 54.2 Å². The number of ether oxygens (including phenoxy) is 1. The zero-order valence-corrected chi connectivity index (χ0v) is 19.5. The normalized spacial score (nSPS) is 17.2. The van der Waals surface area contributed by atoms with Crippen LogP contribution in [-0.4, -0.2) is 47.3 Å². The Morgan fingerprint density at radius 2 is 2.11 bits per heavy atom. The van der Waals surface area contributed by atoms with Gasteiger partial charge in [-0.1, -0.05) is 0 Å². The molecule has 1 aromatic carbocycles. The molecule has 0 radical (unpaired) electrons. The van der Waals surface area contributed by atoms with E-state index in [1.165, 1.54) is 16.9 Å². The van der Waals surface area contributed by atoms with E-state index in [4.69, 9.17) is 9.72 Å². The molecule has 0 bridgehead atoms. The maximum atomic E-state index is 15.1. The fourth-order valence-corrected chi connectivity index (χ4v) is 4.37. The van der Waals surface area contributed by atoms with Gasteiger partial charge in [-0.2, -0.15) is 15.5 Å². The second-order valence-corrected chi connectivity index (χ2v) is 8.60. The molecule has 37 heavy (non-hydrogen) atoms. The van der Waals surface area contributed by atoms with Gasteiger partial charge in [0.05, 0.1) is 29.4 Å². The predicted octanol–water partition coefficient (Wildman–Crippen LogP) is 4.26. The van der Waals surface area contributed by atoms with Gasteiger partial charge in [-0.05, 0) is 43.3 Å². The summed E-state index contributed by atoms with van der Waals surface area (Å²) in [6, 6.07) is 13.5. The highest BCUT2D eigenvalue weighted by molar-refractivity contribution is 5.82. The van der Waals surface area contributed by atoms with Gasteiger partial charge in [-0.15, -0.1) is 5.10 Å². The Kier molecular flexibility index (Phi) is 5.54. The molecule has 6 rings (SSSR count). The Balaban J connectivity index is 1.44. The van der Waals surface area contributed by atoms with Crippen molar-refractivity contribution >= 4 is 22.5 Å². The Morgan fingerprint density at radius 1 is 1.22 bits per heavy atom. The van der Waals surface area contributed by atoms with Crippen LogP contribution in [0, 0.1) is 24.1 Å². The first-order valence-electron chi connectivity index (χ1n) is 11.5. The third kappa shape index (κ3) is 4.15. The monoisotopic (exact) mass is 499 g/mol. The van der Waals surface area contributed by atoms with Crippen molar-refractivity contribution in [2.75, 3.05) is 11.9 Å². The number of alkyl halides is 1. The second kappa shape index (κ2) is 9.03. The number of benzene rings is 1. The number of anilines is 2. The smallest absolute Gasteiger partial charge is 0.163 e. The molecule has 0 spiro atoms. The molecule has 0 aliphatic carbocycles. The number of fused-ring (bicyclic) bond motifs is 1. The third-order valence-corrected chi connectivity index (χ3v) is 6.11. The van der Waals surface area contributed by atoms with Crippen LogP contribution in [0.3, 0.4) is 0 Å². The average Bonchev–Trinajstić information content (AvgIpc) is 3.62. The summed E-state index contributed by atoms with van der Waals surface area (Å²) in [7, 11) is 0. The van der Waals surface area contributed by atoms with E-state index in [0.717, 1.165) is 0 Å². The van der Waals surface area contributed by atoms with E-state index in [9.17, 15) is 9.65 Å². The third-order valence-electron chi connectivity index (χ3n) is 6.11. The minimum absolute atomic E-state index is 0.00373. The van der Waals surface area contributed by atoms with E-state index in [1.807, 2.05) is 6.07 Å². The number of hydrogen-bond donors (Lipinski definition) is 1. The van der Waals surface area contributed by atoms with Crippen molar-refractivity contribution in [2.24, 2.45) is 0 Å². The molecule has 4 aromatic heterocycles. The van der Waals surface area contributed by atoms with E-state index >= 15 is 4.39 Å². The quantitative estimate of drug-likeness (QED) is 0.381. The summed E-state index contributed by atoms with van der Waals surface area (Å²) in [5.74, 6) is 0.738. The van der Waals surface area contributed by atoms with Gasteiger partial charge in [0.2, 0.25) is 0 Å². The van der Waals surface area contributed by atoms with Gasteiger partial charge in [-0.25, -0.2) is 23.4 Å². The van der Waals surface area contributed by atoms with Crippen LogP contribution in [0.5, 0.6) is 0 Å². The van der Waals surface area contributed by atoms with Crippen molar-refractivity contribution in [2.45, 2.75) is 25.6 Å². The van der Waals surface area contributed by atoms with Crippen molar-refractivity contribution in [3.63, 3.8) is 0 Å². The molecule has 12 heteroatoms. The van der Waals surface area contributed by atoms with Gasteiger partial charge < -0.3 is 10.1 Å². The molecule has 0 saturated carbocycles. The molecule has 1 unspecified atom stereocenters. The van der Waals surface area contributed by atoms with E-state index < -0.39 is 18.1 Å². The highest BCUT2D eigenvalue weighted by Gasteiger charge is 2.30. The van der Waals surface area contributed by atoms with Crippen LogP contribution in [0.4, 0.5) is 20.3 Å². The first-order valence-corrected chi connectivity index (χ1v) is 11.5. The van der Waals surface area contributed by atoms with Crippen molar-refractivity contribution in [1.82, 2.24) is 34.5 Å². The Hall–Kier alpha value is -4.76. The van der Waals surface area contributed by atoms with E-state index in [2.05, 4.69) is 25.6 Å². The summed E-state index contributed by atoms with van der Waals surface area (Å²) in [6.07, 6.45) is 1.69. The first-order chi connectivity index (χ1) is 18.0. The van der Waals surface area contributed by atoms with Crippen LogP contribution in [0.15, 0.2) is 55.0 Å². The van der Waals surface area contributed by atoms with Crippen LogP contribution in [0.25, 0.3) is 22.7 Å². The number of pyridine rings is 1. The molecule has 2 atom stereocenters. The molecule has 1 saturated heterocycles. The largest absolute Gasteiger partial charge is 0.370 e. The summed E-state index contributed by atoms with van der Waals surface area (Å²) in [6.45, 7) is 1.80. The van der Waals surface area contributed by atoms with Crippen LogP contribution in [0.1, 0.15) is 29.5 Å². The highest BCUT2D eigenvalue weighted by atomic mass is 19.1. The number of halogens is 2. The number of aryl methyl sites for hydroxylation is 1. The van der Waals surface area contributed by atoms with E-state index in [-0.39, 0.29) is 24.4 Å². The maximum Gasteiger partial charge on any atom is 0.163 e. The summed E-state index contributed by atoms with van der Waals surface area (Å²) in [4.78, 5) is 9.21. The van der Waals surface area contributed by atoms with Gasteiger partial charge in [0, 0.05) is 29.9 Å². The van der Waals surface area contributed by atoms with Crippen LogP contribution in [0.2, 0.25) is 0 Å². The van der Waals surface area contributed by atoms with Gasteiger partial charge in [0.25, 0.3) is 0 Å². The number of nitrogens with one attached hydrogen (secondary N) is 1. The molecule has 5 aromatic rings. The molecule has 10 nitrogen and oxygen atoms in total. The van der Waals surface area contributed by atoms with Crippen LogP contribution < -0.4 is 5.32 Å². The zero-order chi connectivity index (χ0) is 25.5. The summed E-state index contributed by atoms with van der Waals surface area (Å²) < 4.78 is 37.8. The van der Waals surface area contributed by atoms with Gasteiger partial charge in [0.15, 0.2) is 17.3 Å². The lowest BCUT2D eigenvalue weighted by atomic mass is 10.1. The second-order valence-electron chi connectivity index (χ2n) is 8.60. The summed E-state index contributed by atoms with van der Waals surface area (Å²) in [5, 5.41) is 24.3. The van der Waals surface area contributed by atoms with Crippen molar-refractivity contribution in [3.8, 4) is 17.7 Å². The molecule has 1 aliphatic heterocycles. The molecule has 5 heterocycles. The Bertz CT molecular complexity index is 1660. The zero-order valence-electron chi connectivity index (χ0n) is 19.5. The SMILES string of the molecule is Cc1cc(C#N)nn1-c1nc(-n2cnc3cc(Nc4cccnn4)c(F)cc32)ccc1C1C[C@@H](F)CO1. The lowest BCUT2D eigenvalue weighted by Crippen LogP contribution is -2.12. The van der Waals surface area contributed by atoms with Gasteiger partial charge in [-0.3, -0.25) is 4.57 Å². The fraction of sp³-hybridized carbons (Fsp3) is 0.200. The van der Waals surface area contributed by atoms with E-state index in [0.29, 0.717) is 39.7 Å². The van der Waals surface area contributed by atoms with Crippen molar-refractivity contribution in [3.05, 3.63) is 77.8 Å². The van der Waals surface area contributed by atoms with Crippen LogP contribution in [-0.2, 0) is 4.74 Å². The summed E-state index contributed by atoms with van der Waals surface area (Å²) in [5.41, 5.74) is 2.78. The standard InChI is InChI=1S/C25H19F2N9O/c1-14-7-16(11-28)34-36(14)25-17(22-8-15(26)12-37-22)4-5-24(32-25)35-13-29-20-10-19(18(27)9-21(20)35)31-23-3-2-6-30-33-23/h2-7,9-10,13,15,22H,8,12H2,1H3,(H,31,33)/t15-,22?/m1/s1. The number of nitriles is 1. The topological polar surface area (TPSA) is 119 Å². The fourth-order valence-electron chi connectivity index (χ4n) is 4.37. The van der Waals surface area contributed by atoms with Gasteiger partial charge >= 0.3 is 0 Å². The van der Waals surface area contributed by atoms with Crippen molar-refractivity contribution in [1.29, 1.82) is 5.26 Å². The number of rotatable bonds is 5. The number of nitrogens with zero attached hydrogens (tertiary/aromatic N) is 8.